The molecule has 0 spiro atoms. The SMILES string of the molecule is CCN1CC[C@@H]2CNC[C@H]2C1. The summed E-state index contributed by atoms with van der Waals surface area (Å²) >= 11 is 0. The summed E-state index contributed by atoms with van der Waals surface area (Å²) in [6.45, 7) is 8.73. The van der Waals surface area contributed by atoms with Gasteiger partial charge in [-0.25, -0.2) is 0 Å². The first kappa shape index (κ1) is 7.56. The highest BCUT2D eigenvalue weighted by Crippen LogP contribution is 2.25. The van der Waals surface area contributed by atoms with E-state index in [1.165, 1.54) is 39.1 Å². The first-order valence-electron chi connectivity index (χ1n) is 4.83. The van der Waals surface area contributed by atoms with Crippen LogP contribution in [-0.2, 0) is 0 Å². The molecule has 0 aromatic heterocycles. The van der Waals surface area contributed by atoms with Crippen LogP contribution in [0.1, 0.15) is 13.3 Å². The maximum Gasteiger partial charge on any atom is 0.00248 e. The highest BCUT2D eigenvalue weighted by atomic mass is 15.1. The lowest BCUT2D eigenvalue weighted by molar-refractivity contribution is 0.155. The summed E-state index contributed by atoms with van der Waals surface area (Å²) in [7, 11) is 0. The number of nitrogens with zero attached hydrogens (tertiary/aromatic N) is 1. The van der Waals surface area contributed by atoms with Crippen molar-refractivity contribution in [1.29, 1.82) is 0 Å². The predicted molar refractivity (Wildman–Crippen MR) is 46.6 cm³/mol. The van der Waals surface area contributed by atoms with E-state index in [9.17, 15) is 0 Å². The zero-order chi connectivity index (χ0) is 7.68. The summed E-state index contributed by atoms with van der Waals surface area (Å²) in [5, 5.41) is 3.48. The Morgan fingerprint density at radius 3 is 3.00 bits per heavy atom. The van der Waals surface area contributed by atoms with E-state index in [0.717, 1.165) is 11.8 Å². The molecule has 2 aliphatic rings. The number of piperidine rings is 1. The minimum absolute atomic E-state index is 0.962. The van der Waals surface area contributed by atoms with Crippen molar-refractivity contribution in [3.63, 3.8) is 0 Å². The third kappa shape index (κ3) is 1.42. The number of rotatable bonds is 1. The van der Waals surface area contributed by atoms with E-state index in [2.05, 4.69) is 17.1 Å². The molecule has 1 N–H and O–H groups in total. The van der Waals surface area contributed by atoms with Crippen molar-refractivity contribution in [1.82, 2.24) is 10.2 Å². The fourth-order valence-electron chi connectivity index (χ4n) is 2.40. The second-order valence-corrected chi connectivity index (χ2v) is 3.86. The number of hydrogen-bond acceptors (Lipinski definition) is 2. The summed E-state index contributed by atoms with van der Waals surface area (Å²) in [6, 6.07) is 0. The largest absolute Gasteiger partial charge is 0.316 e. The zero-order valence-corrected chi connectivity index (χ0v) is 7.34. The fourth-order valence-corrected chi connectivity index (χ4v) is 2.40. The van der Waals surface area contributed by atoms with E-state index in [1.54, 1.807) is 0 Å². The quantitative estimate of drug-likeness (QED) is 0.593. The van der Waals surface area contributed by atoms with Crippen LogP contribution in [0.3, 0.4) is 0 Å². The van der Waals surface area contributed by atoms with Crippen molar-refractivity contribution in [2.45, 2.75) is 13.3 Å². The van der Waals surface area contributed by atoms with Gasteiger partial charge in [0, 0.05) is 6.54 Å². The summed E-state index contributed by atoms with van der Waals surface area (Å²) in [5.41, 5.74) is 0. The molecule has 2 heterocycles. The molecule has 0 unspecified atom stereocenters. The van der Waals surface area contributed by atoms with Crippen LogP contribution >= 0.6 is 0 Å². The molecule has 2 saturated heterocycles. The van der Waals surface area contributed by atoms with E-state index in [4.69, 9.17) is 0 Å². The van der Waals surface area contributed by atoms with Crippen molar-refractivity contribution in [3.8, 4) is 0 Å². The zero-order valence-electron chi connectivity index (χ0n) is 7.34. The molecule has 2 heteroatoms. The Kier molecular flexibility index (Phi) is 2.14. The van der Waals surface area contributed by atoms with E-state index in [0.29, 0.717) is 0 Å². The molecule has 2 nitrogen and oxygen atoms in total. The number of nitrogens with one attached hydrogen (secondary N) is 1. The summed E-state index contributed by atoms with van der Waals surface area (Å²) in [5.74, 6) is 1.96. The van der Waals surface area contributed by atoms with Gasteiger partial charge >= 0.3 is 0 Å². The van der Waals surface area contributed by atoms with Crippen molar-refractivity contribution < 1.29 is 0 Å². The third-order valence-electron chi connectivity index (χ3n) is 3.24. The van der Waals surface area contributed by atoms with Gasteiger partial charge in [0.2, 0.25) is 0 Å². The van der Waals surface area contributed by atoms with Gasteiger partial charge < -0.3 is 10.2 Å². The Hall–Kier alpha value is -0.0800. The van der Waals surface area contributed by atoms with E-state index < -0.39 is 0 Å². The molecule has 0 amide bonds. The van der Waals surface area contributed by atoms with Crippen molar-refractivity contribution >= 4 is 0 Å². The van der Waals surface area contributed by atoms with Crippen molar-refractivity contribution in [2.24, 2.45) is 11.8 Å². The van der Waals surface area contributed by atoms with Gasteiger partial charge in [0.1, 0.15) is 0 Å². The Labute approximate surface area is 69.0 Å². The maximum atomic E-state index is 3.48. The average molecular weight is 154 g/mol. The van der Waals surface area contributed by atoms with Crippen LogP contribution in [0.5, 0.6) is 0 Å². The molecule has 2 rings (SSSR count). The number of likely N-dealkylation sites (tertiary alicyclic amines) is 1. The second kappa shape index (κ2) is 3.11. The van der Waals surface area contributed by atoms with Crippen molar-refractivity contribution in [2.75, 3.05) is 32.7 Å². The van der Waals surface area contributed by atoms with Crippen LogP contribution in [0.2, 0.25) is 0 Å². The van der Waals surface area contributed by atoms with Crippen LogP contribution in [-0.4, -0.2) is 37.6 Å². The molecule has 64 valence electrons. The molecular formula is C9H18N2. The Balaban J connectivity index is 1.91. The van der Waals surface area contributed by atoms with Gasteiger partial charge in [-0.15, -0.1) is 0 Å². The predicted octanol–water partition coefficient (Wildman–Crippen LogP) is 0.548. The minimum atomic E-state index is 0.962. The summed E-state index contributed by atoms with van der Waals surface area (Å²) in [6.07, 6.45) is 1.42. The molecular weight excluding hydrogens is 136 g/mol. The van der Waals surface area contributed by atoms with Crippen LogP contribution in [0, 0.1) is 11.8 Å². The molecule has 0 aliphatic carbocycles. The van der Waals surface area contributed by atoms with Gasteiger partial charge in [-0.3, -0.25) is 0 Å². The Morgan fingerprint density at radius 2 is 2.18 bits per heavy atom. The fraction of sp³-hybridized carbons (Fsp3) is 1.00. The minimum Gasteiger partial charge on any atom is -0.316 e. The highest BCUT2D eigenvalue weighted by molar-refractivity contribution is 4.87. The van der Waals surface area contributed by atoms with E-state index in [-0.39, 0.29) is 0 Å². The molecule has 0 bridgehead atoms. The van der Waals surface area contributed by atoms with Crippen LogP contribution in [0.25, 0.3) is 0 Å². The average Bonchev–Trinajstić information content (AvgIpc) is 2.50. The van der Waals surface area contributed by atoms with Crippen LogP contribution < -0.4 is 5.32 Å². The first-order valence-corrected chi connectivity index (χ1v) is 4.83. The lowest BCUT2D eigenvalue weighted by atomic mass is 9.89. The summed E-state index contributed by atoms with van der Waals surface area (Å²) < 4.78 is 0. The van der Waals surface area contributed by atoms with Crippen LogP contribution in [0.15, 0.2) is 0 Å². The Bertz CT molecular complexity index is 136. The van der Waals surface area contributed by atoms with Crippen molar-refractivity contribution in [3.05, 3.63) is 0 Å². The summed E-state index contributed by atoms with van der Waals surface area (Å²) in [4.78, 5) is 2.58. The van der Waals surface area contributed by atoms with Gasteiger partial charge in [-0.2, -0.15) is 0 Å². The number of hydrogen-bond donors (Lipinski definition) is 1. The molecule has 0 aromatic rings. The highest BCUT2D eigenvalue weighted by Gasteiger charge is 2.31. The van der Waals surface area contributed by atoms with Gasteiger partial charge in [0.05, 0.1) is 0 Å². The topological polar surface area (TPSA) is 15.3 Å². The molecule has 0 radical (unpaired) electrons. The molecule has 2 aliphatic heterocycles. The normalized spacial score (nSPS) is 39.0. The van der Waals surface area contributed by atoms with Gasteiger partial charge in [0.25, 0.3) is 0 Å². The molecule has 0 aromatic carbocycles. The maximum absolute atomic E-state index is 3.48. The lowest BCUT2D eigenvalue weighted by Crippen LogP contribution is -2.39. The first-order chi connectivity index (χ1) is 5.40. The van der Waals surface area contributed by atoms with E-state index >= 15 is 0 Å². The third-order valence-corrected chi connectivity index (χ3v) is 3.24. The van der Waals surface area contributed by atoms with Gasteiger partial charge in [-0.05, 0) is 44.4 Å². The van der Waals surface area contributed by atoms with Gasteiger partial charge in [0.15, 0.2) is 0 Å². The standard InChI is InChI=1S/C9H18N2/c1-2-11-4-3-8-5-10-6-9(8)7-11/h8-10H,2-7H2,1H3/t8-,9+/m1/s1. The lowest BCUT2D eigenvalue weighted by Gasteiger charge is -2.33. The molecule has 0 saturated carbocycles. The smallest absolute Gasteiger partial charge is 0.00248 e. The molecule has 2 atom stereocenters. The second-order valence-electron chi connectivity index (χ2n) is 3.86. The molecule has 11 heavy (non-hydrogen) atoms. The number of fused-ring (bicyclic) bond motifs is 1. The Morgan fingerprint density at radius 1 is 1.36 bits per heavy atom. The monoisotopic (exact) mass is 154 g/mol. The van der Waals surface area contributed by atoms with Gasteiger partial charge in [-0.1, -0.05) is 6.92 Å². The van der Waals surface area contributed by atoms with E-state index in [1.807, 2.05) is 0 Å². The molecule has 2 fully saturated rings. The van der Waals surface area contributed by atoms with Crippen LogP contribution in [0.4, 0.5) is 0 Å².